The quantitative estimate of drug-likeness (QED) is 0.760. The van der Waals surface area contributed by atoms with E-state index < -0.39 is 5.97 Å². The number of carbonyl (C=O) groups is 1. The zero-order chi connectivity index (χ0) is 13.0. The molecule has 1 aliphatic heterocycles. The smallest absolute Gasteiger partial charge is 0.307 e. The molecule has 0 aromatic heterocycles. The van der Waals surface area contributed by atoms with Crippen LogP contribution in [0.5, 0.6) is 0 Å². The Kier molecular flexibility index (Phi) is 5.73. The van der Waals surface area contributed by atoms with Gasteiger partial charge in [-0.3, -0.25) is 4.79 Å². The van der Waals surface area contributed by atoms with Gasteiger partial charge >= 0.3 is 5.97 Å². The fourth-order valence-corrected chi connectivity index (χ4v) is 2.58. The lowest BCUT2D eigenvalue weighted by Gasteiger charge is -2.18. The lowest BCUT2D eigenvalue weighted by Crippen LogP contribution is -2.27. The Morgan fingerprint density at radius 3 is 2.95 bits per heavy atom. The molecule has 1 unspecified atom stereocenters. The van der Waals surface area contributed by atoms with Gasteiger partial charge in [-0.05, 0) is 43.0 Å². The first-order valence-electron chi connectivity index (χ1n) is 6.35. The summed E-state index contributed by atoms with van der Waals surface area (Å²) in [7, 11) is 0. The number of hydrogen-bond donors (Lipinski definition) is 3. The molecule has 0 spiro atoms. The van der Waals surface area contributed by atoms with Crippen molar-refractivity contribution in [3.63, 3.8) is 0 Å². The van der Waals surface area contributed by atoms with Crippen molar-refractivity contribution in [3.05, 3.63) is 42.0 Å². The maximum atomic E-state index is 11.4. The molecule has 4 heteroatoms. The monoisotopic (exact) mass is 262 g/mol. The van der Waals surface area contributed by atoms with Gasteiger partial charge in [-0.15, -0.1) is 0 Å². The van der Waals surface area contributed by atoms with Gasteiger partial charge in [0.15, 0.2) is 0 Å². The van der Waals surface area contributed by atoms with E-state index in [2.05, 4.69) is 11.9 Å². The third-order valence-electron chi connectivity index (χ3n) is 3.63. The molecule has 2 atom stereocenters. The number of aliphatic carboxylic acids is 1. The molecule has 1 fully saturated rings. The minimum atomic E-state index is -0.687. The summed E-state index contributed by atoms with van der Waals surface area (Å²) in [5.74, 6) is -0.734. The van der Waals surface area contributed by atoms with Gasteiger partial charge in [0.25, 0.3) is 0 Å². The summed E-state index contributed by atoms with van der Waals surface area (Å²) in [4.78, 5) is 11.4. The van der Waals surface area contributed by atoms with Crippen LogP contribution in [-0.4, -0.2) is 24.2 Å². The van der Waals surface area contributed by atoms with Crippen molar-refractivity contribution in [2.24, 2.45) is 11.8 Å². The maximum Gasteiger partial charge on any atom is 0.307 e. The largest absolute Gasteiger partial charge is 0.481 e. The van der Waals surface area contributed by atoms with E-state index >= 15 is 0 Å². The average Bonchev–Trinajstić information content (AvgIpc) is 2.89. The number of carboxylic acids is 1. The first-order valence-corrected chi connectivity index (χ1v) is 6.35. The summed E-state index contributed by atoms with van der Waals surface area (Å²) in [6, 6.07) is 7.94. The van der Waals surface area contributed by atoms with Crippen LogP contribution in [-0.2, 0) is 11.2 Å². The molecule has 0 aliphatic carbocycles. The van der Waals surface area contributed by atoms with Crippen LogP contribution in [0.4, 0.5) is 0 Å². The van der Waals surface area contributed by atoms with Gasteiger partial charge in [0.1, 0.15) is 0 Å². The highest BCUT2D eigenvalue weighted by Gasteiger charge is 2.30. The fourth-order valence-electron chi connectivity index (χ4n) is 2.58. The van der Waals surface area contributed by atoms with E-state index in [-0.39, 0.29) is 18.0 Å². The molecular weight excluding hydrogens is 240 g/mol. The standard InChI is InChI=1S/C15H19NO2.H3N/c1-2-11-4-3-5-12(8-11)9-14(15(17)18)13-6-7-16-10-13;/h2-5,8,13-14,16H,1,6-7,9-10H2,(H,17,18);1H3/t13-,14?;/m0./s1. The predicted octanol–water partition coefficient (Wildman–Crippen LogP) is 2.34. The van der Waals surface area contributed by atoms with Gasteiger partial charge in [0.05, 0.1) is 5.92 Å². The lowest BCUT2D eigenvalue weighted by molar-refractivity contribution is -0.143. The van der Waals surface area contributed by atoms with Gasteiger partial charge in [-0.2, -0.15) is 0 Å². The summed E-state index contributed by atoms with van der Waals surface area (Å²) in [6.07, 6.45) is 3.35. The molecule has 5 N–H and O–H groups in total. The minimum absolute atomic E-state index is 0. The van der Waals surface area contributed by atoms with Crippen molar-refractivity contribution in [2.45, 2.75) is 12.8 Å². The summed E-state index contributed by atoms with van der Waals surface area (Å²) >= 11 is 0. The van der Waals surface area contributed by atoms with E-state index in [1.165, 1.54) is 0 Å². The molecule has 1 heterocycles. The minimum Gasteiger partial charge on any atom is -0.481 e. The Morgan fingerprint density at radius 1 is 1.58 bits per heavy atom. The molecule has 1 aromatic rings. The highest BCUT2D eigenvalue weighted by Crippen LogP contribution is 2.24. The van der Waals surface area contributed by atoms with Crippen molar-refractivity contribution < 1.29 is 9.90 Å². The van der Waals surface area contributed by atoms with Crippen LogP contribution < -0.4 is 11.5 Å². The van der Waals surface area contributed by atoms with Gasteiger partial charge in [-0.25, -0.2) is 0 Å². The second kappa shape index (κ2) is 7.07. The van der Waals surface area contributed by atoms with E-state index in [1.807, 2.05) is 24.3 Å². The van der Waals surface area contributed by atoms with Gasteiger partial charge in [0.2, 0.25) is 0 Å². The van der Waals surface area contributed by atoms with Gasteiger partial charge in [-0.1, -0.05) is 36.9 Å². The zero-order valence-corrected chi connectivity index (χ0v) is 11.1. The molecular formula is C15H22N2O2. The van der Waals surface area contributed by atoms with E-state index in [4.69, 9.17) is 0 Å². The van der Waals surface area contributed by atoms with E-state index in [0.717, 1.165) is 30.6 Å². The Labute approximate surface area is 114 Å². The molecule has 0 bridgehead atoms. The third kappa shape index (κ3) is 3.91. The molecule has 0 radical (unpaired) electrons. The van der Waals surface area contributed by atoms with Crippen molar-refractivity contribution in [3.8, 4) is 0 Å². The number of hydrogen-bond acceptors (Lipinski definition) is 3. The zero-order valence-electron chi connectivity index (χ0n) is 11.1. The topological polar surface area (TPSA) is 84.3 Å². The molecule has 2 rings (SSSR count). The van der Waals surface area contributed by atoms with E-state index in [1.54, 1.807) is 6.08 Å². The number of benzene rings is 1. The van der Waals surface area contributed by atoms with E-state index in [9.17, 15) is 9.90 Å². The van der Waals surface area contributed by atoms with Crippen LogP contribution in [0.2, 0.25) is 0 Å². The molecule has 1 saturated heterocycles. The summed E-state index contributed by atoms with van der Waals surface area (Å²) in [5.41, 5.74) is 2.12. The van der Waals surface area contributed by atoms with Crippen LogP contribution >= 0.6 is 0 Å². The van der Waals surface area contributed by atoms with Crippen LogP contribution in [0.3, 0.4) is 0 Å². The second-order valence-electron chi connectivity index (χ2n) is 4.85. The van der Waals surface area contributed by atoms with Crippen molar-refractivity contribution in [2.75, 3.05) is 13.1 Å². The van der Waals surface area contributed by atoms with Crippen molar-refractivity contribution >= 4 is 12.0 Å². The first kappa shape index (κ1) is 15.4. The molecule has 1 aromatic carbocycles. The Morgan fingerprint density at radius 2 is 2.37 bits per heavy atom. The Balaban J connectivity index is 0.00000180. The summed E-state index contributed by atoms with van der Waals surface area (Å²) < 4.78 is 0. The first-order chi connectivity index (χ1) is 8.70. The molecule has 104 valence electrons. The predicted molar refractivity (Wildman–Crippen MR) is 77.4 cm³/mol. The SMILES string of the molecule is C=Cc1cccc(CC(C(=O)O)[C@H]2CCNC2)c1.N. The number of carboxylic acid groups (broad SMARTS) is 1. The van der Waals surface area contributed by atoms with Crippen LogP contribution in [0.25, 0.3) is 6.08 Å². The molecule has 0 saturated carbocycles. The van der Waals surface area contributed by atoms with Crippen LogP contribution in [0.1, 0.15) is 17.5 Å². The summed E-state index contributed by atoms with van der Waals surface area (Å²) in [6.45, 7) is 5.49. The normalized spacial score (nSPS) is 19.5. The molecule has 4 nitrogen and oxygen atoms in total. The maximum absolute atomic E-state index is 11.4. The molecule has 0 amide bonds. The van der Waals surface area contributed by atoms with Crippen molar-refractivity contribution in [1.82, 2.24) is 11.5 Å². The van der Waals surface area contributed by atoms with Gasteiger partial charge < -0.3 is 16.6 Å². The summed E-state index contributed by atoms with van der Waals surface area (Å²) in [5, 5.41) is 12.6. The molecule has 19 heavy (non-hydrogen) atoms. The van der Waals surface area contributed by atoms with Gasteiger partial charge in [0, 0.05) is 0 Å². The Bertz CT molecular complexity index is 440. The van der Waals surface area contributed by atoms with Crippen LogP contribution in [0.15, 0.2) is 30.8 Å². The Hall–Kier alpha value is -1.65. The van der Waals surface area contributed by atoms with Crippen molar-refractivity contribution in [1.29, 1.82) is 0 Å². The highest BCUT2D eigenvalue weighted by atomic mass is 16.4. The third-order valence-corrected chi connectivity index (χ3v) is 3.63. The average molecular weight is 262 g/mol. The lowest BCUT2D eigenvalue weighted by atomic mass is 9.86. The number of nitrogens with one attached hydrogen (secondary N) is 1. The molecule has 1 aliphatic rings. The highest BCUT2D eigenvalue weighted by molar-refractivity contribution is 5.71. The van der Waals surface area contributed by atoms with E-state index in [0.29, 0.717) is 6.42 Å². The van der Waals surface area contributed by atoms with Crippen LogP contribution in [0, 0.1) is 11.8 Å². The number of rotatable bonds is 5. The second-order valence-corrected chi connectivity index (χ2v) is 4.85. The fraction of sp³-hybridized carbons (Fsp3) is 0.400.